The predicted molar refractivity (Wildman–Crippen MR) is 87.3 cm³/mol. The molecule has 6 nitrogen and oxygen atoms in total. The monoisotopic (exact) mass is 368 g/mol. The normalized spacial score (nSPS) is 20.5. The van der Waals surface area contributed by atoms with E-state index in [1.807, 2.05) is 20.0 Å². The summed E-state index contributed by atoms with van der Waals surface area (Å²) in [5.41, 5.74) is -0.0893. The summed E-state index contributed by atoms with van der Waals surface area (Å²) < 4.78 is 45.8. The fourth-order valence-electron chi connectivity index (χ4n) is 2.86. The zero-order valence-electron chi connectivity index (χ0n) is 14.3. The first-order valence-electron chi connectivity index (χ1n) is 8.25. The number of nitrogens with one attached hydrogen (secondary N) is 1. The minimum absolute atomic E-state index is 0.131. The number of hydrogen-bond acceptors (Lipinski definition) is 4. The third kappa shape index (κ3) is 3.87. The molecule has 140 valence electrons. The molecule has 1 aliphatic rings. The molecule has 2 aromatic rings. The van der Waals surface area contributed by atoms with E-state index in [4.69, 9.17) is 4.74 Å². The Hall–Kier alpha value is -2.42. The van der Waals surface area contributed by atoms with Gasteiger partial charge in [0.1, 0.15) is 5.82 Å². The van der Waals surface area contributed by atoms with Crippen LogP contribution in [-0.4, -0.2) is 27.3 Å². The smallest absolute Gasteiger partial charge is 0.373 e. The lowest BCUT2D eigenvalue weighted by Gasteiger charge is -2.17. The van der Waals surface area contributed by atoms with Crippen molar-refractivity contribution in [3.05, 3.63) is 41.9 Å². The molecule has 26 heavy (non-hydrogen) atoms. The second-order valence-electron chi connectivity index (χ2n) is 6.45. The summed E-state index contributed by atoms with van der Waals surface area (Å²) in [6.45, 7) is 4.36. The highest BCUT2D eigenvalue weighted by molar-refractivity contribution is 5.92. The highest BCUT2D eigenvalue weighted by Crippen LogP contribution is 2.36. The first-order chi connectivity index (χ1) is 12.3. The number of rotatable bonds is 4. The summed E-state index contributed by atoms with van der Waals surface area (Å²) in [6.07, 6.45) is -0.00109. The van der Waals surface area contributed by atoms with Crippen LogP contribution in [0.4, 0.5) is 19.0 Å². The summed E-state index contributed by atoms with van der Waals surface area (Å²) >= 11 is 0. The molecule has 0 saturated carbocycles. The Morgan fingerprint density at radius 1 is 1.42 bits per heavy atom. The molecule has 2 atom stereocenters. The Morgan fingerprint density at radius 2 is 2.19 bits per heavy atom. The van der Waals surface area contributed by atoms with Gasteiger partial charge in [-0.05, 0) is 32.4 Å². The number of alkyl halides is 3. The van der Waals surface area contributed by atoms with Crippen LogP contribution in [0.5, 0.6) is 0 Å². The molecule has 1 fully saturated rings. The Bertz CT molecular complexity index is 788. The molecule has 0 aromatic carbocycles. The minimum atomic E-state index is -4.49. The number of carbonyl (C=O) groups excluding carboxylic acids is 1. The molecule has 0 unspecified atom stereocenters. The van der Waals surface area contributed by atoms with Gasteiger partial charge in [0.15, 0.2) is 0 Å². The third-order valence-corrected chi connectivity index (χ3v) is 4.25. The first kappa shape index (κ1) is 18.4. The third-order valence-electron chi connectivity index (χ3n) is 4.25. The van der Waals surface area contributed by atoms with Gasteiger partial charge in [0, 0.05) is 30.6 Å². The summed E-state index contributed by atoms with van der Waals surface area (Å²) in [5, 5.41) is 6.71. The Labute approximate surface area is 148 Å². The molecule has 3 rings (SSSR count). The lowest BCUT2D eigenvalue weighted by molar-refractivity contribution is -0.137. The SMILES string of the molecule is CC(C)n1cc([C@@H]2OCC[C@H]2C(=O)Nc2cc(C(F)(F)F)ccn2)cn1. The van der Waals surface area contributed by atoms with Gasteiger partial charge in [-0.3, -0.25) is 9.48 Å². The van der Waals surface area contributed by atoms with Crippen LogP contribution in [0.25, 0.3) is 0 Å². The molecular formula is C17H19F3N4O2. The lowest BCUT2D eigenvalue weighted by Crippen LogP contribution is -2.25. The second-order valence-corrected chi connectivity index (χ2v) is 6.45. The van der Waals surface area contributed by atoms with Crippen molar-refractivity contribution in [1.82, 2.24) is 14.8 Å². The van der Waals surface area contributed by atoms with Crippen molar-refractivity contribution in [3.63, 3.8) is 0 Å². The van der Waals surface area contributed by atoms with Gasteiger partial charge < -0.3 is 10.1 Å². The number of hydrogen-bond donors (Lipinski definition) is 1. The molecule has 0 spiro atoms. The average Bonchev–Trinajstić information content (AvgIpc) is 3.23. The Morgan fingerprint density at radius 3 is 2.85 bits per heavy atom. The van der Waals surface area contributed by atoms with Gasteiger partial charge in [-0.1, -0.05) is 0 Å². The van der Waals surface area contributed by atoms with E-state index < -0.39 is 29.7 Å². The van der Waals surface area contributed by atoms with Crippen LogP contribution < -0.4 is 5.32 Å². The summed E-state index contributed by atoms with van der Waals surface area (Å²) in [7, 11) is 0. The Balaban J connectivity index is 1.74. The molecule has 0 radical (unpaired) electrons. The molecule has 1 aliphatic heterocycles. The number of amides is 1. The molecule has 1 N–H and O–H groups in total. The van der Waals surface area contributed by atoms with E-state index in [1.165, 1.54) is 0 Å². The van der Waals surface area contributed by atoms with Gasteiger partial charge in [0.2, 0.25) is 5.91 Å². The largest absolute Gasteiger partial charge is 0.416 e. The van der Waals surface area contributed by atoms with Crippen molar-refractivity contribution in [2.24, 2.45) is 5.92 Å². The van der Waals surface area contributed by atoms with Crippen molar-refractivity contribution in [2.45, 2.75) is 38.6 Å². The van der Waals surface area contributed by atoms with Crippen LogP contribution in [0.15, 0.2) is 30.7 Å². The lowest BCUT2D eigenvalue weighted by atomic mass is 9.96. The maximum atomic E-state index is 12.8. The zero-order valence-corrected chi connectivity index (χ0v) is 14.3. The number of nitrogens with zero attached hydrogens (tertiary/aromatic N) is 3. The van der Waals surface area contributed by atoms with E-state index in [0.29, 0.717) is 13.0 Å². The van der Waals surface area contributed by atoms with Crippen LogP contribution in [-0.2, 0) is 15.7 Å². The number of pyridine rings is 1. The van der Waals surface area contributed by atoms with Gasteiger partial charge in [0.05, 0.1) is 23.8 Å². The molecule has 1 saturated heterocycles. The van der Waals surface area contributed by atoms with E-state index in [1.54, 1.807) is 10.9 Å². The molecule has 2 aromatic heterocycles. The fraction of sp³-hybridized carbons (Fsp3) is 0.471. The first-order valence-corrected chi connectivity index (χ1v) is 8.25. The molecule has 1 amide bonds. The van der Waals surface area contributed by atoms with E-state index in [-0.39, 0.29) is 11.9 Å². The summed E-state index contributed by atoms with van der Waals surface area (Å²) in [4.78, 5) is 16.4. The Kier molecular flexibility index (Phi) is 4.99. The van der Waals surface area contributed by atoms with Crippen LogP contribution in [0.3, 0.4) is 0 Å². The number of ether oxygens (including phenoxy) is 1. The average molecular weight is 368 g/mol. The predicted octanol–water partition coefficient (Wildman–Crippen LogP) is 3.59. The summed E-state index contributed by atoms with van der Waals surface area (Å²) in [5.74, 6) is -1.07. The number of aromatic nitrogens is 3. The van der Waals surface area contributed by atoms with Crippen LogP contribution >= 0.6 is 0 Å². The van der Waals surface area contributed by atoms with Crippen molar-refractivity contribution in [2.75, 3.05) is 11.9 Å². The maximum Gasteiger partial charge on any atom is 0.416 e. The quantitative estimate of drug-likeness (QED) is 0.895. The topological polar surface area (TPSA) is 69.0 Å². The molecule has 3 heterocycles. The van der Waals surface area contributed by atoms with E-state index >= 15 is 0 Å². The van der Waals surface area contributed by atoms with E-state index in [2.05, 4.69) is 15.4 Å². The molecule has 9 heteroatoms. The van der Waals surface area contributed by atoms with Gasteiger partial charge in [-0.15, -0.1) is 0 Å². The van der Waals surface area contributed by atoms with Gasteiger partial charge in [-0.25, -0.2) is 4.98 Å². The molecule has 0 aliphatic carbocycles. The highest BCUT2D eigenvalue weighted by atomic mass is 19.4. The number of carbonyl (C=O) groups is 1. The van der Waals surface area contributed by atoms with Crippen molar-refractivity contribution < 1.29 is 22.7 Å². The van der Waals surface area contributed by atoms with Gasteiger partial charge in [0.25, 0.3) is 0 Å². The van der Waals surface area contributed by atoms with E-state index in [9.17, 15) is 18.0 Å². The van der Waals surface area contributed by atoms with Gasteiger partial charge in [-0.2, -0.15) is 18.3 Å². The zero-order chi connectivity index (χ0) is 18.9. The molecule has 0 bridgehead atoms. The molecular weight excluding hydrogens is 349 g/mol. The maximum absolute atomic E-state index is 12.8. The number of anilines is 1. The second kappa shape index (κ2) is 7.06. The van der Waals surface area contributed by atoms with E-state index in [0.717, 1.165) is 23.9 Å². The van der Waals surface area contributed by atoms with Crippen molar-refractivity contribution >= 4 is 11.7 Å². The van der Waals surface area contributed by atoms with Crippen LogP contribution in [0.1, 0.15) is 43.5 Å². The fourth-order valence-corrected chi connectivity index (χ4v) is 2.86. The van der Waals surface area contributed by atoms with Crippen LogP contribution in [0, 0.1) is 5.92 Å². The van der Waals surface area contributed by atoms with Crippen molar-refractivity contribution in [1.29, 1.82) is 0 Å². The number of halogens is 3. The standard InChI is InChI=1S/C17H19F3N4O2/c1-10(2)24-9-11(8-22-24)15-13(4-6-26-15)16(25)23-14-7-12(3-5-21-14)17(18,19)20/h3,5,7-10,13,15H,4,6H2,1-2H3,(H,21,23,25)/t13-,15+/m1/s1. The van der Waals surface area contributed by atoms with Crippen LogP contribution in [0.2, 0.25) is 0 Å². The summed E-state index contributed by atoms with van der Waals surface area (Å²) in [6, 6.07) is 1.85. The highest BCUT2D eigenvalue weighted by Gasteiger charge is 2.37. The van der Waals surface area contributed by atoms with Crippen molar-refractivity contribution in [3.8, 4) is 0 Å². The minimum Gasteiger partial charge on any atom is -0.373 e. The van der Waals surface area contributed by atoms with Gasteiger partial charge >= 0.3 is 6.18 Å².